The van der Waals surface area contributed by atoms with E-state index in [1.807, 2.05) is 0 Å². The molecule has 0 rings (SSSR count). The van der Waals surface area contributed by atoms with Gasteiger partial charge in [-0.15, -0.1) is 0 Å². The van der Waals surface area contributed by atoms with Gasteiger partial charge < -0.3 is 55.8 Å². The summed E-state index contributed by atoms with van der Waals surface area (Å²) in [4.78, 5) is 34.7. The topological polar surface area (TPSA) is 172 Å². The van der Waals surface area contributed by atoms with Crippen LogP contribution in [0.2, 0.25) is 0 Å². The fraction of sp³-hybridized carbons (Fsp3) is 0.966. The molecule has 7 N–H and O–H groups in total. The smallest absolute Gasteiger partial charge is 0.251 e. The van der Waals surface area contributed by atoms with Gasteiger partial charge in [0.1, 0.15) is 18.3 Å². The van der Waals surface area contributed by atoms with Crippen LogP contribution in [0.3, 0.4) is 0 Å². The summed E-state index contributed by atoms with van der Waals surface area (Å²) in [5.74, 6) is 0.156. The zero-order chi connectivity index (χ0) is 53.3. The molecule has 430 valence electrons. The Hall–Kier alpha value is -1.42. The van der Waals surface area contributed by atoms with Gasteiger partial charge in [0.15, 0.2) is 6.10 Å². The lowest BCUT2D eigenvalue weighted by Crippen LogP contribution is -2.51. The SMILES string of the molecule is CCCCN(C)CCCCN(C)CC(CCCCCCNC(=O)CCCCCCCCCCCCCCCCCCCCCCCNC(=O)[C@H](O)[C@@H](O)[C@H](O)[C@H](O)CO)CN(C)CCCCN(C)CCCC. The van der Waals surface area contributed by atoms with Gasteiger partial charge in [0.05, 0.1) is 6.61 Å². The summed E-state index contributed by atoms with van der Waals surface area (Å²) >= 11 is 0. The van der Waals surface area contributed by atoms with Crippen LogP contribution in [0.1, 0.15) is 239 Å². The first kappa shape index (κ1) is 70.6. The van der Waals surface area contributed by atoms with Crippen LogP contribution in [0.4, 0.5) is 0 Å². The van der Waals surface area contributed by atoms with Gasteiger partial charge in [0.2, 0.25) is 5.91 Å². The van der Waals surface area contributed by atoms with Crippen molar-refractivity contribution in [2.24, 2.45) is 5.92 Å². The number of rotatable bonds is 56. The number of nitrogens with zero attached hydrogens (tertiary/aromatic N) is 4. The molecule has 0 fully saturated rings. The van der Waals surface area contributed by atoms with Crippen LogP contribution in [-0.2, 0) is 9.59 Å². The Kier molecular flexibility index (Phi) is 50.7. The second kappa shape index (κ2) is 51.7. The van der Waals surface area contributed by atoms with E-state index in [1.54, 1.807) is 0 Å². The van der Waals surface area contributed by atoms with E-state index in [0.29, 0.717) is 18.9 Å². The molecule has 0 saturated carbocycles. The van der Waals surface area contributed by atoms with Crippen molar-refractivity contribution in [2.75, 3.05) is 100 Å². The lowest BCUT2D eigenvalue weighted by atomic mass is 9.99. The third-order valence-electron chi connectivity index (χ3n) is 14.9. The lowest BCUT2D eigenvalue weighted by molar-refractivity contribution is -0.148. The molecule has 0 aromatic carbocycles. The summed E-state index contributed by atoms with van der Waals surface area (Å²) in [6.45, 7) is 14.6. The molecular weight excluding hydrogens is 905 g/mol. The fourth-order valence-corrected chi connectivity index (χ4v) is 9.90. The Bertz CT molecular complexity index is 1150. The number of aliphatic hydroxyl groups is 5. The molecule has 0 aliphatic heterocycles. The molecule has 0 spiro atoms. The van der Waals surface area contributed by atoms with Gasteiger partial charge in [0, 0.05) is 32.6 Å². The van der Waals surface area contributed by atoms with Crippen LogP contribution >= 0.6 is 0 Å². The maximum atomic E-state index is 12.5. The number of carbonyl (C=O) groups is 2. The summed E-state index contributed by atoms with van der Waals surface area (Å²) in [6, 6.07) is 0. The molecule has 0 aromatic rings. The van der Waals surface area contributed by atoms with Crippen LogP contribution in [-0.4, -0.2) is 182 Å². The van der Waals surface area contributed by atoms with Crippen LogP contribution in [0.5, 0.6) is 0 Å². The Labute approximate surface area is 444 Å². The van der Waals surface area contributed by atoms with Crippen molar-refractivity contribution in [3.63, 3.8) is 0 Å². The van der Waals surface area contributed by atoms with Gasteiger partial charge in [-0.1, -0.05) is 168 Å². The molecule has 0 bridgehead atoms. The molecule has 0 aliphatic carbocycles. The molecule has 0 heterocycles. The van der Waals surface area contributed by atoms with Gasteiger partial charge in [-0.25, -0.2) is 0 Å². The minimum atomic E-state index is -1.87. The standard InChI is InChI=1S/C59H122N6O7/c1-7-9-44-62(3)46-36-38-48-64(5)50-53(51-65(6)49-39-37-47-63(4)45-10-8-2)40-32-29-31-34-42-60-55(68)41-33-28-26-24-22-20-18-16-14-12-11-13-15-17-19-21-23-25-27-30-35-43-61-59(72)58(71)57(70)56(69)54(67)52-66/h53-54,56-58,66-67,69-71H,7-52H2,1-6H3,(H,60,68)(H,61,72)/t54-,56-,57+,58-/m1/s1. The molecule has 13 heteroatoms. The Morgan fingerprint density at radius 3 is 1.12 bits per heavy atom. The summed E-state index contributed by atoms with van der Waals surface area (Å²) < 4.78 is 0. The van der Waals surface area contributed by atoms with Crippen molar-refractivity contribution >= 4 is 11.8 Å². The maximum Gasteiger partial charge on any atom is 0.251 e. The largest absolute Gasteiger partial charge is 0.394 e. The van der Waals surface area contributed by atoms with Gasteiger partial charge in [0.25, 0.3) is 5.91 Å². The molecule has 0 radical (unpaired) electrons. The Morgan fingerprint density at radius 2 is 0.736 bits per heavy atom. The molecular formula is C59H122N6O7. The maximum absolute atomic E-state index is 12.5. The molecule has 0 saturated heterocycles. The van der Waals surface area contributed by atoms with Crippen molar-refractivity contribution in [3.8, 4) is 0 Å². The predicted molar refractivity (Wildman–Crippen MR) is 304 cm³/mol. The zero-order valence-corrected chi connectivity index (χ0v) is 48.3. The average molecular weight is 1030 g/mol. The van der Waals surface area contributed by atoms with Crippen molar-refractivity contribution < 1.29 is 35.1 Å². The lowest BCUT2D eigenvalue weighted by Gasteiger charge is -2.28. The van der Waals surface area contributed by atoms with Gasteiger partial charge in [-0.2, -0.15) is 0 Å². The third-order valence-corrected chi connectivity index (χ3v) is 14.9. The highest BCUT2D eigenvalue weighted by atomic mass is 16.4. The van der Waals surface area contributed by atoms with E-state index in [9.17, 15) is 30.0 Å². The first-order valence-corrected chi connectivity index (χ1v) is 30.5. The van der Waals surface area contributed by atoms with Gasteiger partial charge in [-0.05, 0) is 138 Å². The first-order chi connectivity index (χ1) is 34.9. The average Bonchev–Trinajstić information content (AvgIpc) is 3.37. The fourth-order valence-electron chi connectivity index (χ4n) is 9.90. The van der Waals surface area contributed by atoms with Crippen LogP contribution < -0.4 is 10.6 Å². The number of amides is 2. The highest BCUT2D eigenvalue weighted by molar-refractivity contribution is 5.81. The summed E-state index contributed by atoms with van der Waals surface area (Å²) in [7, 11) is 9.23. The second-order valence-electron chi connectivity index (χ2n) is 22.3. The number of hydrogen-bond donors (Lipinski definition) is 7. The van der Waals surface area contributed by atoms with Gasteiger partial charge >= 0.3 is 0 Å². The molecule has 2 amide bonds. The zero-order valence-electron chi connectivity index (χ0n) is 48.3. The summed E-state index contributed by atoms with van der Waals surface area (Å²) in [6.07, 6.45) is 36.0. The van der Waals surface area contributed by atoms with E-state index < -0.39 is 36.9 Å². The van der Waals surface area contributed by atoms with E-state index in [-0.39, 0.29) is 5.91 Å². The molecule has 0 aliphatic rings. The summed E-state index contributed by atoms with van der Waals surface area (Å²) in [5.41, 5.74) is 0. The molecule has 0 aromatic heterocycles. The number of aliphatic hydroxyl groups excluding tert-OH is 5. The summed E-state index contributed by atoms with van der Waals surface area (Å²) in [5, 5.41) is 53.3. The minimum absolute atomic E-state index is 0.242. The Morgan fingerprint density at radius 1 is 0.403 bits per heavy atom. The number of unbranched alkanes of at least 4 members (excludes halogenated alkanes) is 27. The number of nitrogens with one attached hydrogen (secondary N) is 2. The van der Waals surface area contributed by atoms with E-state index in [1.165, 1.54) is 239 Å². The highest BCUT2D eigenvalue weighted by Gasteiger charge is 2.34. The van der Waals surface area contributed by atoms with Gasteiger partial charge in [-0.3, -0.25) is 9.59 Å². The molecule has 4 atom stereocenters. The first-order valence-electron chi connectivity index (χ1n) is 30.5. The van der Waals surface area contributed by atoms with E-state index in [4.69, 9.17) is 5.11 Å². The molecule has 13 nitrogen and oxygen atoms in total. The molecule has 72 heavy (non-hydrogen) atoms. The normalized spacial score (nSPS) is 13.8. The minimum Gasteiger partial charge on any atom is -0.394 e. The second-order valence-corrected chi connectivity index (χ2v) is 22.3. The van der Waals surface area contributed by atoms with Crippen molar-refractivity contribution in [3.05, 3.63) is 0 Å². The predicted octanol–water partition coefficient (Wildman–Crippen LogP) is 9.69. The molecule has 0 unspecified atom stereocenters. The van der Waals surface area contributed by atoms with Crippen LogP contribution in [0, 0.1) is 5.92 Å². The third kappa shape index (κ3) is 44.8. The number of carbonyl (C=O) groups excluding carboxylic acids is 2. The van der Waals surface area contributed by atoms with Crippen molar-refractivity contribution in [1.29, 1.82) is 0 Å². The van der Waals surface area contributed by atoms with E-state index >= 15 is 0 Å². The van der Waals surface area contributed by atoms with Crippen LogP contribution in [0.15, 0.2) is 0 Å². The van der Waals surface area contributed by atoms with E-state index in [0.717, 1.165) is 38.6 Å². The highest BCUT2D eigenvalue weighted by Crippen LogP contribution is 2.17. The Balaban J connectivity index is 3.84. The van der Waals surface area contributed by atoms with Crippen molar-refractivity contribution in [1.82, 2.24) is 30.2 Å². The van der Waals surface area contributed by atoms with Crippen molar-refractivity contribution in [2.45, 2.75) is 263 Å². The quantitative estimate of drug-likeness (QED) is 0.0290. The number of hydrogen-bond acceptors (Lipinski definition) is 11. The van der Waals surface area contributed by atoms with Crippen LogP contribution in [0.25, 0.3) is 0 Å². The van der Waals surface area contributed by atoms with E-state index in [2.05, 4.69) is 72.3 Å². The monoisotopic (exact) mass is 1030 g/mol.